The van der Waals surface area contributed by atoms with Crippen LogP contribution in [0.4, 0.5) is 17.1 Å². The number of rotatable bonds is 5. The van der Waals surface area contributed by atoms with E-state index in [0.717, 1.165) is 11.4 Å². The zero-order chi connectivity index (χ0) is 20.3. The van der Waals surface area contributed by atoms with Crippen LogP contribution in [0.2, 0.25) is 0 Å². The van der Waals surface area contributed by atoms with Crippen molar-refractivity contribution in [3.63, 3.8) is 0 Å². The van der Waals surface area contributed by atoms with E-state index in [1.54, 1.807) is 29.2 Å². The van der Waals surface area contributed by atoms with Crippen LogP contribution in [-0.2, 0) is 14.3 Å². The summed E-state index contributed by atoms with van der Waals surface area (Å²) in [5, 5.41) is 2.76. The highest BCUT2D eigenvalue weighted by molar-refractivity contribution is 6.06. The first kappa shape index (κ1) is 19.4. The Morgan fingerprint density at radius 3 is 2.43 bits per heavy atom. The van der Waals surface area contributed by atoms with Crippen LogP contribution in [0.3, 0.4) is 0 Å². The number of methoxy groups -OCH3 is 1. The minimum Gasteiger partial charge on any atom is -0.465 e. The number of amides is 2. The van der Waals surface area contributed by atoms with Crippen LogP contribution in [0.25, 0.3) is 0 Å². The quantitative estimate of drug-likeness (QED) is 0.805. The number of nitrogens with one attached hydrogen (secondary N) is 1. The normalized spacial score (nSPS) is 16.0. The second-order valence-electron chi connectivity index (χ2n) is 6.84. The third-order valence-corrected chi connectivity index (χ3v) is 4.76. The van der Waals surface area contributed by atoms with Gasteiger partial charge < -0.3 is 19.9 Å². The molecule has 28 heavy (non-hydrogen) atoms. The van der Waals surface area contributed by atoms with Gasteiger partial charge in [-0.3, -0.25) is 9.59 Å². The number of para-hydroxylation sites is 1. The van der Waals surface area contributed by atoms with E-state index in [0.29, 0.717) is 12.2 Å². The van der Waals surface area contributed by atoms with Gasteiger partial charge in [-0.2, -0.15) is 0 Å². The molecule has 0 radical (unpaired) electrons. The number of carbonyl (C=O) groups is 3. The Bertz CT molecular complexity index is 893. The Labute approximate surface area is 163 Å². The van der Waals surface area contributed by atoms with E-state index in [4.69, 9.17) is 4.74 Å². The lowest BCUT2D eigenvalue weighted by molar-refractivity contribution is -0.122. The lowest BCUT2D eigenvalue weighted by atomic mass is 10.1. The van der Waals surface area contributed by atoms with Crippen LogP contribution in [0.1, 0.15) is 16.8 Å². The van der Waals surface area contributed by atoms with E-state index in [1.165, 1.54) is 7.11 Å². The standard InChI is InChI=1S/C21H23N3O4/c1-23(2)15-8-10-16(11-9-15)24-13-14(12-19(24)25)20(26)22-18-7-5-4-6-17(18)21(27)28-3/h4-11,14H,12-13H2,1-3H3,(H,22,26). The average Bonchev–Trinajstić information content (AvgIpc) is 3.09. The fraction of sp³-hybridized carbons (Fsp3) is 0.286. The fourth-order valence-corrected chi connectivity index (χ4v) is 3.18. The third kappa shape index (κ3) is 3.98. The smallest absolute Gasteiger partial charge is 0.339 e. The molecule has 2 aromatic rings. The fourth-order valence-electron chi connectivity index (χ4n) is 3.18. The van der Waals surface area contributed by atoms with E-state index in [1.807, 2.05) is 43.3 Å². The molecule has 1 aliphatic heterocycles. The number of benzene rings is 2. The van der Waals surface area contributed by atoms with Crippen LogP contribution in [0.15, 0.2) is 48.5 Å². The van der Waals surface area contributed by atoms with Gasteiger partial charge >= 0.3 is 5.97 Å². The Morgan fingerprint density at radius 1 is 1.11 bits per heavy atom. The average molecular weight is 381 g/mol. The number of anilines is 3. The van der Waals surface area contributed by atoms with E-state index >= 15 is 0 Å². The van der Waals surface area contributed by atoms with Gasteiger partial charge in [-0.05, 0) is 36.4 Å². The molecule has 1 aliphatic rings. The van der Waals surface area contributed by atoms with Gasteiger partial charge in [-0.25, -0.2) is 4.79 Å². The monoisotopic (exact) mass is 381 g/mol. The molecule has 0 spiro atoms. The molecule has 1 heterocycles. The summed E-state index contributed by atoms with van der Waals surface area (Å²) in [5.74, 6) is -1.41. The highest BCUT2D eigenvalue weighted by atomic mass is 16.5. The highest BCUT2D eigenvalue weighted by Crippen LogP contribution is 2.28. The van der Waals surface area contributed by atoms with Crippen LogP contribution in [-0.4, -0.2) is 45.5 Å². The topological polar surface area (TPSA) is 78.9 Å². The first-order valence-corrected chi connectivity index (χ1v) is 8.96. The lowest BCUT2D eigenvalue weighted by Gasteiger charge is -2.19. The molecule has 1 fully saturated rings. The van der Waals surface area contributed by atoms with Crippen molar-refractivity contribution in [2.75, 3.05) is 42.9 Å². The maximum atomic E-state index is 12.7. The Hall–Kier alpha value is -3.35. The molecule has 1 saturated heterocycles. The molecule has 146 valence electrons. The van der Waals surface area contributed by atoms with E-state index in [-0.39, 0.29) is 23.8 Å². The van der Waals surface area contributed by atoms with Gasteiger partial charge in [0.1, 0.15) is 0 Å². The van der Waals surface area contributed by atoms with E-state index in [9.17, 15) is 14.4 Å². The van der Waals surface area contributed by atoms with Gasteiger partial charge in [0.05, 0.1) is 24.3 Å². The van der Waals surface area contributed by atoms with Gasteiger partial charge in [0.15, 0.2) is 0 Å². The Morgan fingerprint density at radius 2 is 1.79 bits per heavy atom. The molecular weight excluding hydrogens is 358 g/mol. The molecule has 7 heteroatoms. The van der Waals surface area contributed by atoms with Crippen molar-refractivity contribution in [2.45, 2.75) is 6.42 Å². The SMILES string of the molecule is COC(=O)c1ccccc1NC(=O)C1CC(=O)N(c2ccc(N(C)C)cc2)C1. The van der Waals surface area contributed by atoms with Crippen LogP contribution in [0.5, 0.6) is 0 Å². The molecule has 1 unspecified atom stereocenters. The van der Waals surface area contributed by atoms with Gasteiger partial charge in [-0.15, -0.1) is 0 Å². The summed E-state index contributed by atoms with van der Waals surface area (Å²) >= 11 is 0. The third-order valence-electron chi connectivity index (χ3n) is 4.76. The van der Waals surface area contributed by atoms with Crippen LogP contribution < -0.4 is 15.1 Å². The Balaban J connectivity index is 1.71. The van der Waals surface area contributed by atoms with Crippen LogP contribution in [0, 0.1) is 5.92 Å². The largest absolute Gasteiger partial charge is 0.465 e. The van der Waals surface area contributed by atoms with Gasteiger partial charge in [0, 0.05) is 38.4 Å². The van der Waals surface area contributed by atoms with Crippen molar-refractivity contribution in [1.29, 1.82) is 0 Å². The number of carbonyl (C=O) groups excluding carboxylic acids is 3. The van der Waals surface area contributed by atoms with Gasteiger partial charge in [0.25, 0.3) is 0 Å². The van der Waals surface area contributed by atoms with Gasteiger partial charge in [0.2, 0.25) is 11.8 Å². The number of hydrogen-bond donors (Lipinski definition) is 1. The van der Waals surface area contributed by atoms with Crippen molar-refractivity contribution in [3.05, 3.63) is 54.1 Å². The maximum Gasteiger partial charge on any atom is 0.339 e. The number of esters is 1. The summed E-state index contributed by atoms with van der Waals surface area (Å²) in [7, 11) is 5.18. The van der Waals surface area contributed by atoms with Crippen molar-refractivity contribution in [2.24, 2.45) is 5.92 Å². The predicted octanol–water partition coefficient (Wildman–Crippen LogP) is 2.53. The van der Waals surface area contributed by atoms with Crippen molar-refractivity contribution < 1.29 is 19.1 Å². The molecular formula is C21H23N3O4. The van der Waals surface area contributed by atoms with Crippen LogP contribution >= 0.6 is 0 Å². The summed E-state index contributed by atoms with van der Waals surface area (Å²) in [5.41, 5.74) is 2.45. The molecule has 2 amide bonds. The minimum atomic E-state index is -0.527. The summed E-state index contributed by atoms with van der Waals surface area (Å²) in [6.07, 6.45) is 0.127. The first-order chi connectivity index (χ1) is 13.4. The second-order valence-corrected chi connectivity index (χ2v) is 6.84. The maximum absolute atomic E-state index is 12.7. The minimum absolute atomic E-state index is 0.0981. The van der Waals surface area contributed by atoms with E-state index < -0.39 is 11.9 Å². The molecule has 2 aromatic carbocycles. The molecule has 0 saturated carbocycles. The number of nitrogens with zero attached hydrogens (tertiary/aromatic N) is 2. The lowest BCUT2D eigenvalue weighted by Crippen LogP contribution is -2.28. The number of ether oxygens (including phenoxy) is 1. The summed E-state index contributed by atoms with van der Waals surface area (Å²) in [6.45, 7) is 0.298. The summed E-state index contributed by atoms with van der Waals surface area (Å²) in [4.78, 5) is 40.6. The summed E-state index contributed by atoms with van der Waals surface area (Å²) < 4.78 is 4.75. The van der Waals surface area contributed by atoms with Crippen molar-refractivity contribution in [1.82, 2.24) is 0 Å². The molecule has 0 bridgehead atoms. The van der Waals surface area contributed by atoms with E-state index in [2.05, 4.69) is 5.32 Å². The zero-order valence-electron chi connectivity index (χ0n) is 16.1. The highest BCUT2D eigenvalue weighted by Gasteiger charge is 2.35. The first-order valence-electron chi connectivity index (χ1n) is 8.96. The van der Waals surface area contributed by atoms with Crippen molar-refractivity contribution >= 4 is 34.8 Å². The van der Waals surface area contributed by atoms with Crippen molar-refractivity contribution in [3.8, 4) is 0 Å². The molecule has 0 aromatic heterocycles. The molecule has 1 atom stereocenters. The molecule has 3 rings (SSSR count). The molecule has 7 nitrogen and oxygen atoms in total. The predicted molar refractivity (Wildman–Crippen MR) is 108 cm³/mol. The second kappa shape index (κ2) is 8.12. The zero-order valence-corrected chi connectivity index (χ0v) is 16.1. The molecule has 1 N–H and O–H groups in total. The van der Waals surface area contributed by atoms with Gasteiger partial charge in [-0.1, -0.05) is 12.1 Å². The molecule has 0 aliphatic carbocycles. The summed E-state index contributed by atoms with van der Waals surface area (Å²) in [6, 6.07) is 14.3. The number of hydrogen-bond acceptors (Lipinski definition) is 5. The Kier molecular flexibility index (Phi) is 5.63.